The molecule has 0 spiro atoms. The highest BCUT2D eigenvalue weighted by Crippen LogP contribution is 2.33. The van der Waals surface area contributed by atoms with E-state index < -0.39 is 21.8 Å². The Labute approximate surface area is 274 Å². The van der Waals surface area contributed by atoms with Crippen LogP contribution in [0.2, 0.25) is 0 Å². The highest BCUT2D eigenvalue weighted by Gasteiger charge is 2.37. The Morgan fingerprint density at radius 1 is 0.894 bits per heavy atom. The van der Waals surface area contributed by atoms with Gasteiger partial charge in [-0.1, -0.05) is 30.3 Å². The molecule has 246 valence electrons. The molecular weight excluding hydrogens is 620 g/mol. The third-order valence-electron chi connectivity index (χ3n) is 9.29. The van der Waals surface area contributed by atoms with Crippen LogP contribution in [-0.2, 0) is 14.8 Å². The first kappa shape index (κ1) is 32.3. The number of hydrogen-bond acceptors (Lipinski definition) is 9. The summed E-state index contributed by atoms with van der Waals surface area (Å²) in [6.07, 6.45) is 2.17. The third kappa shape index (κ3) is 6.00. The van der Waals surface area contributed by atoms with Crippen LogP contribution in [0.1, 0.15) is 30.0 Å². The average molecular weight is 659 g/mol. The van der Waals surface area contributed by atoms with Crippen LogP contribution in [-0.4, -0.2) is 104 Å². The second-order valence-electron chi connectivity index (χ2n) is 12.0. The summed E-state index contributed by atoms with van der Waals surface area (Å²) in [5.41, 5.74) is -0.00269. The first-order valence-corrected chi connectivity index (χ1v) is 17.0. The minimum absolute atomic E-state index is 0.0102. The molecule has 4 aromatic rings. The number of carbonyl (C=O) groups is 1. The number of piperidine rings is 1. The normalized spacial score (nSPS) is 17.4. The van der Waals surface area contributed by atoms with Crippen molar-refractivity contribution in [1.82, 2.24) is 23.2 Å². The van der Waals surface area contributed by atoms with E-state index in [9.17, 15) is 23.3 Å². The lowest BCUT2D eigenvalue weighted by molar-refractivity contribution is -0.135. The molecule has 2 aliphatic rings. The third-order valence-corrected chi connectivity index (χ3v) is 11.0. The van der Waals surface area contributed by atoms with Gasteiger partial charge in [-0.25, -0.2) is 13.2 Å². The van der Waals surface area contributed by atoms with E-state index in [1.807, 2.05) is 6.07 Å². The smallest absolute Gasteiger partial charge is 0.344 e. The molecule has 47 heavy (non-hydrogen) atoms. The van der Waals surface area contributed by atoms with Crippen molar-refractivity contribution in [2.75, 3.05) is 60.5 Å². The minimum atomic E-state index is -4.57. The monoisotopic (exact) mass is 658 g/mol. The van der Waals surface area contributed by atoms with Crippen molar-refractivity contribution < 1.29 is 22.7 Å². The van der Waals surface area contributed by atoms with E-state index >= 15 is 0 Å². The molecule has 0 aliphatic carbocycles. The fourth-order valence-electron chi connectivity index (χ4n) is 6.71. The zero-order valence-electron chi connectivity index (χ0n) is 26.7. The summed E-state index contributed by atoms with van der Waals surface area (Å²) in [7, 11) is 0.341. The molecule has 2 aliphatic heterocycles. The molecule has 3 aromatic carbocycles. The molecule has 13 heteroatoms. The van der Waals surface area contributed by atoms with Crippen LogP contribution in [0.4, 0.5) is 0 Å². The van der Waals surface area contributed by atoms with Crippen molar-refractivity contribution in [3.63, 3.8) is 0 Å². The number of imidazole rings is 1. The maximum absolute atomic E-state index is 14.6. The van der Waals surface area contributed by atoms with Gasteiger partial charge in [0, 0.05) is 38.3 Å². The van der Waals surface area contributed by atoms with Gasteiger partial charge in [-0.15, -0.1) is 0 Å². The Morgan fingerprint density at radius 3 is 2.23 bits per heavy atom. The molecule has 12 nitrogen and oxygen atoms in total. The summed E-state index contributed by atoms with van der Waals surface area (Å²) in [5.74, 6) is 0.0472. The second-order valence-corrected chi connectivity index (χ2v) is 13.7. The highest BCUT2D eigenvalue weighted by molar-refractivity contribution is 7.90. The summed E-state index contributed by atoms with van der Waals surface area (Å²) < 4.78 is 41.2. The Balaban J connectivity index is 1.46. The number of hydrogen-bond donors (Lipinski definition) is 0. The molecule has 0 radical (unpaired) electrons. The molecule has 0 saturated carbocycles. The van der Waals surface area contributed by atoms with Crippen molar-refractivity contribution in [2.45, 2.75) is 29.8 Å². The SMILES string of the molecule is COc1ccc(S(=O)(=O)n2c(=O)n(C(C(=O)N3CCN(C4CCN(C)CC4)CC3)c3ccccc3)c3cc(C#N)ccc32)c(OC)c1. The van der Waals surface area contributed by atoms with Gasteiger partial charge in [0.2, 0.25) is 0 Å². The van der Waals surface area contributed by atoms with Crippen LogP contribution in [0, 0.1) is 11.3 Å². The Bertz CT molecular complexity index is 1980. The molecule has 2 saturated heterocycles. The van der Waals surface area contributed by atoms with Crippen molar-refractivity contribution in [1.29, 1.82) is 5.26 Å². The van der Waals surface area contributed by atoms with Crippen molar-refractivity contribution in [3.05, 3.63) is 88.3 Å². The molecule has 1 amide bonds. The number of aromatic nitrogens is 2. The zero-order chi connectivity index (χ0) is 33.3. The average Bonchev–Trinajstić information content (AvgIpc) is 3.40. The van der Waals surface area contributed by atoms with Crippen LogP contribution in [0.5, 0.6) is 11.5 Å². The fraction of sp³-hybridized carbons (Fsp3) is 0.382. The number of fused-ring (bicyclic) bond motifs is 1. The van der Waals surface area contributed by atoms with Gasteiger partial charge in [0.05, 0.1) is 36.9 Å². The van der Waals surface area contributed by atoms with E-state index in [4.69, 9.17) is 9.47 Å². The van der Waals surface area contributed by atoms with Crippen molar-refractivity contribution in [3.8, 4) is 17.6 Å². The molecule has 0 N–H and O–H groups in total. The van der Waals surface area contributed by atoms with Gasteiger partial charge in [0.1, 0.15) is 22.4 Å². The summed E-state index contributed by atoms with van der Waals surface area (Å²) in [6, 6.07) is 18.8. The first-order valence-electron chi connectivity index (χ1n) is 15.6. The van der Waals surface area contributed by atoms with Gasteiger partial charge < -0.3 is 19.3 Å². The maximum Gasteiger partial charge on any atom is 0.344 e. The topological polar surface area (TPSA) is 130 Å². The van der Waals surface area contributed by atoms with E-state index in [1.54, 1.807) is 29.2 Å². The molecule has 1 aromatic heterocycles. The lowest BCUT2D eigenvalue weighted by Gasteiger charge is -2.42. The number of nitriles is 1. The predicted molar refractivity (Wildman–Crippen MR) is 176 cm³/mol. The lowest BCUT2D eigenvalue weighted by Crippen LogP contribution is -2.55. The number of likely N-dealkylation sites (tertiary alicyclic amines) is 1. The Kier molecular flexibility index (Phi) is 9.09. The molecule has 2 fully saturated rings. The maximum atomic E-state index is 14.6. The number of nitrogens with zero attached hydrogens (tertiary/aromatic N) is 6. The first-order chi connectivity index (χ1) is 22.7. The van der Waals surface area contributed by atoms with E-state index in [2.05, 4.69) is 22.9 Å². The molecule has 6 rings (SSSR count). The van der Waals surface area contributed by atoms with Gasteiger partial charge in [0.25, 0.3) is 15.9 Å². The van der Waals surface area contributed by atoms with Crippen LogP contribution in [0.15, 0.2) is 76.4 Å². The van der Waals surface area contributed by atoms with Crippen LogP contribution >= 0.6 is 0 Å². The standard InChI is InChI=1S/C34H38N6O6S/c1-36-15-13-26(14-16-36)37-17-19-38(20-18-37)33(41)32(25-7-5-4-6-8-25)39-29-21-24(23-35)9-11-28(29)40(34(39)42)47(43,44)31-12-10-27(45-2)22-30(31)46-3/h4-12,21-22,26,32H,13-20H2,1-3H3. The van der Waals surface area contributed by atoms with E-state index in [0.717, 1.165) is 25.9 Å². The minimum Gasteiger partial charge on any atom is -0.497 e. The Hall–Kier alpha value is -4.64. The van der Waals surface area contributed by atoms with Crippen LogP contribution in [0.3, 0.4) is 0 Å². The van der Waals surface area contributed by atoms with Crippen molar-refractivity contribution >= 4 is 27.0 Å². The molecule has 3 heterocycles. The summed E-state index contributed by atoms with van der Waals surface area (Å²) in [5, 5.41) is 9.76. The quantitative estimate of drug-likeness (QED) is 0.281. The summed E-state index contributed by atoms with van der Waals surface area (Å²) in [4.78, 5) is 35.4. The fourth-order valence-corrected chi connectivity index (χ4v) is 8.25. The second kappa shape index (κ2) is 13.2. The number of piperazine rings is 1. The van der Waals surface area contributed by atoms with Crippen molar-refractivity contribution in [2.24, 2.45) is 0 Å². The molecule has 1 atom stereocenters. The number of methoxy groups -OCH3 is 2. The summed E-state index contributed by atoms with van der Waals surface area (Å²) >= 11 is 0. The van der Waals surface area contributed by atoms with E-state index in [-0.39, 0.29) is 33.1 Å². The summed E-state index contributed by atoms with van der Waals surface area (Å²) in [6.45, 7) is 4.47. The van der Waals surface area contributed by atoms with E-state index in [1.165, 1.54) is 55.2 Å². The lowest BCUT2D eigenvalue weighted by atomic mass is 10.0. The van der Waals surface area contributed by atoms with Crippen LogP contribution in [0.25, 0.3) is 11.0 Å². The molecule has 0 bridgehead atoms. The zero-order valence-corrected chi connectivity index (χ0v) is 27.5. The number of ether oxygens (including phenoxy) is 2. The number of amides is 1. The van der Waals surface area contributed by atoms with Crippen LogP contribution < -0.4 is 15.2 Å². The predicted octanol–water partition coefficient (Wildman–Crippen LogP) is 2.76. The van der Waals surface area contributed by atoms with Gasteiger partial charge >= 0.3 is 5.69 Å². The highest BCUT2D eigenvalue weighted by atomic mass is 32.2. The number of carbonyl (C=O) groups excluding carboxylic acids is 1. The van der Waals surface area contributed by atoms with E-state index in [0.29, 0.717) is 47.5 Å². The largest absolute Gasteiger partial charge is 0.497 e. The van der Waals surface area contributed by atoms with Gasteiger partial charge in [-0.05, 0) is 68.9 Å². The Morgan fingerprint density at radius 2 is 1.60 bits per heavy atom. The van der Waals surface area contributed by atoms with Gasteiger partial charge in [-0.3, -0.25) is 14.3 Å². The number of rotatable bonds is 8. The molecular formula is C34H38N6O6S. The number of benzene rings is 3. The van der Waals surface area contributed by atoms with Gasteiger partial charge in [-0.2, -0.15) is 9.23 Å². The molecule has 1 unspecified atom stereocenters. The van der Waals surface area contributed by atoms with Gasteiger partial charge in [0.15, 0.2) is 0 Å².